The summed E-state index contributed by atoms with van der Waals surface area (Å²) in [5, 5.41) is 13.0. The van der Waals surface area contributed by atoms with Gasteiger partial charge in [-0.2, -0.15) is 4.31 Å². The van der Waals surface area contributed by atoms with Crippen LogP contribution in [0.5, 0.6) is 5.75 Å². The summed E-state index contributed by atoms with van der Waals surface area (Å²) in [4.78, 5) is 14.4. The summed E-state index contributed by atoms with van der Waals surface area (Å²) >= 11 is 11.8. The largest absolute Gasteiger partial charge is 0.505 e. The molecule has 0 aromatic heterocycles. The molecular formula is C19H19Cl2N3O4S. The zero-order valence-corrected chi connectivity index (χ0v) is 17.6. The van der Waals surface area contributed by atoms with E-state index in [0.29, 0.717) is 19.5 Å². The first kappa shape index (κ1) is 20.3. The van der Waals surface area contributed by atoms with Crippen LogP contribution in [0.15, 0.2) is 47.4 Å². The lowest BCUT2D eigenvalue weighted by Gasteiger charge is -2.42. The number of benzene rings is 2. The summed E-state index contributed by atoms with van der Waals surface area (Å²) in [5.74, 6) is -0.632. The molecule has 2 heterocycles. The van der Waals surface area contributed by atoms with Crippen molar-refractivity contribution in [3.05, 3.63) is 52.5 Å². The van der Waals surface area contributed by atoms with Crippen LogP contribution in [-0.4, -0.2) is 49.0 Å². The predicted molar refractivity (Wildman–Crippen MR) is 111 cm³/mol. The Balaban J connectivity index is 1.61. The van der Waals surface area contributed by atoms with Crippen LogP contribution in [0.25, 0.3) is 0 Å². The first-order valence-corrected chi connectivity index (χ1v) is 11.2. The number of hydrogen-bond acceptors (Lipinski definition) is 5. The van der Waals surface area contributed by atoms with Crippen molar-refractivity contribution in [3.8, 4) is 5.75 Å². The zero-order chi connectivity index (χ0) is 20.8. The first-order valence-electron chi connectivity index (χ1n) is 9.05. The van der Waals surface area contributed by atoms with Crippen LogP contribution >= 0.6 is 23.2 Å². The topological polar surface area (TPSA) is 90.0 Å². The fraction of sp³-hybridized carbons (Fsp3) is 0.316. The molecule has 0 aliphatic carbocycles. The normalized spacial score (nSPS) is 19.5. The number of para-hydroxylation sites is 1. The van der Waals surface area contributed by atoms with Gasteiger partial charge in [0.2, 0.25) is 15.9 Å². The van der Waals surface area contributed by atoms with Crippen LogP contribution in [0.3, 0.4) is 0 Å². The number of anilines is 1. The second kappa shape index (κ2) is 7.36. The third-order valence-corrected chi connectivity index (χ3v) is 7.98. The fourth-order valence-electron chi connectivity index (χ4n) is 4.01. The van der Waals surface area contributed by atoms with E-state index in [1.54, 1.807) is 0 Å². The molecule has 2 aromatic carbocycles. The molecule has 2 aliphatic rings. The van der Waals surface area contributed by atoms with Gasteiger partial charge in [0, 0.05) is 23.8 Å². The van der Waals surface area contributed by atoms with E-state index in [1.807, 2.05) is 35.2 Å². The molecule has 0 radical (unpaired) electrons. The van der Waals surface area contributed by atoms with E-state index >= 15 is 0 Å². The molecule has 7 nitrogen and oxygen atoms in total. The minimum atomic E-state index is -4.02. The van der Waals surface area contributed by atoms with E-state index < -0.39 is 21.3 Å². The Morgan fingerprint density at radius 2 is 1.72 bits per heavy atom. The van der Waals surface area contributed by atoms with Crippen molar-refractivity contribution in [2.75, 3.05) is 24.7 Å². The quantitative estimate of drug-likeness (QED) is 0.742. The molecule has 2 aliphatic heterocycles. The number of carbonyl (C=O) groups excluding carboxylic acids is 1. The molecule has 2 fully saturated rings. The maximum Gasteiger partial charge on any atom is 0.247 e. The summed E-state index contributed by atoms with van der Waals surface area (Å²) in [7, 11) is -4.02. The van der Waals surface area contributed by atoms with E-state index in [9.17, 15) is 18.3 Å². The number of rotatable bonds is 3. The molecule has 10 heteroatoms. The highest BCUT2D eigenvalue weighted by atomic mass is 35.5. The number of hydrogen-bond donors (Lipinski definition) is 2. The Hall–Kier alpha value is -2.00. The second-order valence-electron chi connectivity index (χ2n) is 7.10. The fourth-order valence-corrected chi connectivity index (χ4v) is 6.19. The minimum Gasteiger partial charge on any atom is -0.505 e. The van der Waals surface area contributed by atoms with Gasteiger partial charge in [-0.25, -0.2) is 8.42 Å². The van der Waals surface area contributed by atoms with E-state index in [1.165, 1.54) is 16.4 Å². The molecular weight excluding hydrogens is 437 g/mol. The van der Waals surface area contributed by atoms with Crippen LogP contribution in [0.4, 0.5) is 5.69 Å². The standard InChI is InChI=1S/C19H19Cl2N3O4S/c20-13-10-15(21)17(25)16(11-13)29(27,28)23-8-6-19(7-9-23)18(26)22-12-24(19)14-4-2-1-3-5-14/h1-5,10-11,25H,6-9,12H2,(H,22,26). The molecule has 4 rings (SSSR count). The molecule has 2 saturated heterocycles. The molecule has 1 amide bonds. The van der Waals surface area contributed by atoms with Gasteiger partial charge in [0.15, 0.2) is 5.75 Å². The van der Waals surface area contributed by atoms with Gasteiger partial charge >= 0.3 is 0 Å². The zero-order valence-electron chi connectivity index (χ0n) is 15.3. The van der Waals surface area contributed by atoms with Crippen molar-refractivity contribution in [1.82, 2.24) is 9.62 Å². The maximum atomic E-state index is 13.1. The van der Waals surface area contributed by atoms with Gasteiger partial charge in [-0.3, -0.25) is 4.79 Å². The number of halogens is 2. The van der Waals surface area contributed by atoms with Crippen molar-refractivity contribution in [1.29, 1.82) is 0 Å². The van der Waals surface area contributed by atoms with Gasteiger partial charge in [-0.1, -0.05) is 41.4 Å². The number of amides is 1. The lowest BCUT2D eigenvalue weighted by Crippen LogP contribution is -2.57. The van der Waals surface area contributed by atoms with E-state index in [-0.39, 0.29) is 33.9 Å². The first-order chi connectivity index (χ1) is 13.8. The van der Waals surface area contributed by atoms with E-state index in [0.717, 1.165) is 5.69 Å². The van der Waals surface area contributed by atoms with Crippen LogP contribution in [0.1, 0.15) is 12.8 Å². The SMILES string of the molecule is O=C1NCN(c2ccccc2)C12CCN(S(=O)(=O)c1cc(Cl)cc(Cl)c1O)CC2. The van der Waals surface area contributed by atoms with Gasteiger partial charge < -0.3 is 15.3 Å². The lowest BCUT2D eigenvalue weighted by molar-refractivity contribution is -0.124. The van der Waals surface area contributed by atoms with Crippen LogP contribution in [-0.2, 0) is 14.8 Å². The monoisotopic (exact) mass is 455 g/mol. The number of phenolic OH excluding ortho intramolecular Hbond substituents is 1. The summed E-state index contributed by atoms with van der Waals surface area (Å²) in [6.07, 6.45) is 0.643. The van der Waals surface area contributed by atoms with Crippen molar-refractivity contribution < 1.29 is 18.3 Å². The number of phenols is 1. The predicted octanol–water partition coefficient (Wildman–Crippen LogP) is 2.82. The number of aromatic hydroxyl groups is 1. The van der Waals surface area contributed by atoms with Crippen LogP contribution < -0.4 is 10.2 Å². The van der Waals surface area contributed by atoms with Crippen LogP contribution in [0.2, 0.25) is 10.0 Å². The molecule has 0 atom stereocenters. The van der Waals surface area contributed by atoms with Crippen molar-refractivity contribution >= 4 is 44.8 Å². The highest BCUT2D eigenvalue weighted by Gasteiger charge is 2.51. The van der Waals surface area contributed by atoms with Crippen LogP contribution in [0, 0.1) is 0 Å². The van der Waals surface area contributed by atoms with E-state index in [2.05, 4.69) is 5.32 Å². The minimum absolute atomic E-state index is 0.105. The van der Waals surface area contributed by atoms with Gasteiger partial charge in [0.25, 0.3) is 0 Å². The van der Waals surface area contributed by atoms with Gasteiger partial charge in [0.1, 0.15) is 10.4 Å². The Labute approximate surface area is 178 Å². The highest BCUT2D eigenvalue weighted by molar-refractivity contribution is 7.89. The molecule has 29 heavy (non-hydrogen) atoms. The molecule has 0 unspecified atom stereocenters. The molecule has 0 bridgehead atoms. The molecule has 2 aromatic rings. The Bertz CT molecular complexity index is 1050. The third-order valence-electron chi connectivity index (χ3n) is 5.57. The number of piperidine rings is 1. The average Bonchev–Trinajstić information content (AvgIpc) is 3.01. The highest BCUT2D eigenvalue weighted by Crippen LogP contribution is 2.40. The van der Waals surface area contributed by atoms with Gasteiger partial charge in [-0.15, -0.1) is 0 Å². The number of nitrogens with one attached hydrogen (secondary N) is 1. The van der Waals surface area contributed by atoms with Crippen molar-refractivity contribution in [3.63, 3.8) is 0 Å². The summed E-state index contributed by atoms with van der Waals surface area (Å²) in [6.45, 7) is 0.631. The maximum absolute atomic E-state index is 13.1. The molecule has 1 spiro atoms. The molecule has 0 saturated carbocycles. The van der Waals surface area contributed by atoms with E-state index in [4.69, 9.17) is 23.2 Å². The third kappa shape index (κ3) is 3.34. The number of sulfonamides is 1. The Morgan fingerprint density at radius 1 is 1.07 bits per heavy atom. The Kier molecular flexibility index (Phi) is 5.14. The van der Waals surface area contributed by atoms with Crippen molar-refractivity contribution in [2.45, 2.75) is 23.3 Å². The van der Waals surface area contributed by atoms with Gasteiger partial charge in [0.05, 0.1) is 11.7 Å². The molecule has 154 valence electrons. The lowest BCUT2D eigenvalue weighted by atomic mass is 9.86. The summed E-state index contributed by atoms with van der Waals surface area (Å²) in [5.41, 5.74) is 0.0999. The smallest absolute Gasteiger partial charge is 0.247 e. The Morgan fingerprint density at radius 3 is 2.38 bits per heavy atom. The summed E-state index contributed by atoms with van der Waals surface area (Å²) in [6, 6.07) is 12.0. The van der Waals surface area contributed by atoms with Crippen molar-refractivity contribution in [2.24, 2.45) is 0 Å². The summed E-state index contributed by atoms with van der Waals surface area (Å²) < 4.78 is 27.4. The number of nitrogens with zero attached hydrogens (tertiary/aromatic N) is 2. The second-order valence-corrected chi connectivity index (χ2v) is 9.85. The number of carbonyl (C=O) groups is 1. The molecule has 2 N–H and O–H groups in total. The van der Waals surface area contributed by atoms with Gasteiger partial charge in [-0.05, 0) is 37.1 Å². The average molecular weight is 456 g/mol.